The summed E-state index contributed by atoms with van der Waals surface area (Å²) in [5.74, 6) is 2.47. The average Bonchev–Trinajstić information content (AvgIpc) is 3.29. The van der Waals surface area contributed by atoms with E-state index < -0.39 is 0 Å². The van der Waals surface area contributed by atoms with E-state index >= 15 is 0 Å². The fourth-order valence-corrected chi connectivity index (χ4v) is 5.73. The highest BCUT2D eigenvalue weighted by Crippen LogP contribution is 2.42. The van der Waals surface area contributed by atoms with Gasteiger partial charge in [-0.15, -0.1) is 0 Å². The van der Waals surface area contributed by atoms with Crippen molar-refractivity contribution in [2.75, 3.05) is 60.2 Å². The number of carbonyl (C=O) groups is 1. The van der Waals surface area contributed by atoms with Crippen molar-refractivity contribution >= 4 is 6.03 Å². The van der Waals surface area contributed by atoms with Crippen LogP contribution in [0.5, 0.6) is 11.5 Å². The summed E-state index contributed by atoms with van der Waals surface area (Å²) in [6.07, 6.45) is 2.29. The first-order valence-electron chi connectivity index (χ1n) is 12.2. The van der Waals surface area contributed by atoms with Crippen molar-refractivity contribution in [1.82, 2.24) is 24.9 Å². The zero-order valence-corrected chi connectivity index (χ0v) is 20.3. The molecule has 0 radical (unpaired) electrons. The molecule has 9 heteroatoms. The zero-order chi connectivity index (χ0) is 23.7. The highest BCUT2D eigenvalue weighted by Gasteiger charge is 2.42. The smallest absolute Gasteiger partial charge is 0.317 e. The molecule has 0 spiro atoms. The molecule has 1 aromatic carbocycles. The minimum Gasteiger partial charge on any atom is -0.493 e. The number of nitrogens with zero attached hydrogens (tertiary/aromatic N) is 4. The molecule has 34 heavy (non-hydrogen) atoms. The summed E-state index contributed by atoms with van der Waals surface area (Å²) in [5.41, 5.74) is 3.24. The Morgan fingerprint density at radius 3 is 2.65 bits per heavy atom. The van der Waals surface area contributed by atoms with E-state index in [-0.39, 0.29) is 6.03 Å². The number of nitrogens with one attached hydrogen (secondary N) is 1. The highest BCUT2D eigenvalue weighted by atomic mass is 16.5. The Balaban J connectivity index is 1.25. The second kappa shape index (κ2) is 9.84. The maximum absolute atomic E-state index is 12.5. The molecule has 0 saturated carbocycles. The zero-order valence-electron chi connectivity index (χ0n) is 20.3. The van der Waals surface area contributed by atoms with Crippen molar-refractivity contribution in [1.29, 1.82) is 0 Å². The Bertz CT molecular complexity index is 1020. The van der Waals surface area contributed by atoms with Crippen molar-refractivity contribution in [3.63, 3.8) is 0 Å². The first kappa shape index (κ1) is 23.0. The normalized spacial score (nSPS) is 26.4. The maximum Gasteiger partial charge on any atom is 0.317 e. The first-order chi connectivity index (χ1) is 16.6. The predicted molar refractivity (Wildman–Crippen MR) is 128 cm³/mol. The van der Waals surface area contributed by atoms with Crippen molar-refractivity contribution < 1.29 is 19.0 Å². The number of fused-ring (bicyclic) bond motifs is 3. The van der Waals surface area contributed by atoms with Gasteiger partial charge < -0.3 is 24.4 Å². The van der Waals surface area contributed by atoms with Crippen LogP contribution in [0.2, 0.25) is 0 Å². The van der Waals surface area contributed by atoms with Gasteiger partial charge in [0, 0.05) is 56.4 Å². The number of urea groups is 1. The number of hydrogen-bond acceptors (Lipinski definition) is 6. The molecule has 6 rings (SSSR count). The Morgan fingerprint density at radius 2 is 1.94 bits per heavy atom. The van der Waals surface area contributed by atoms with Gasteiger partial charge in [-0.2, -0.15) is 5.10 Å². The van der Waals surface area contributed by atoms with Gasteiger partial charge in [-0.3, -0.25) is 9.58 Å². The van der Waals surface area contributed by atoms with Crippen LogP contribution >= 0.6 is 0 Å². The molecule has 0 aliphatic carbocycles. The van der Waals surface area contributed by atoms with E-state index in [1.807, 2.05) is 34.8 Å². The number of methoxy groups -OCH3 is 2. The van der Waals surface area contributed by atoms with Crippen LogP contribution in [-0.2, 0) is 11.8 Å². The van der Waals surface area contributed by atoms with Gasteiger partial charge in [0.25, 0.3) is 0 Å². The maximum atomic E-state index is 12.5. The molecular formula is C25H35N5O4. The van der Waals surface area contributed by atoms with E-state index in [2.05, 4.69) is 16.3 Å². The molecule has 4 fully saturated rings. The molecule has 9 nitrogen and oxygen atoms in total. The standard InChI is InChI=1S/C25H35N5O4/c1-28-22(14-21(27-28)18-4-5-23(32-2)24(13-18)33-3)20-16-30-7-6-17(20)12-19(30)15-26-25(31)29-8-10-34-11-9-29/h4-5,13-14,17,19-20H,6-12,15-16H2,1-3H3,(H,26,31)/t17-,19+,20+/m0/s1. The molecule has 2 aromatic rings. The van der Waals surface area contributed by atoms with Crippen LogP contribution in [0.1, 0.15) is 24.5 Å². The third-order valence-corrected chi connectivity index (χ3v) is 7.64. The Labute approximate surface area is 200 Å². The van der Waals surface area contributed by atoms with Crippen LogP contribution in [0.15, 0.2) is 24.3 Å². The van der Waals surface area contributed by atoms with E-state index in [9.17, 15) is 4.79 Å². The number of piperidine rings is 3. The summed E-state index contributed by atoms with van der Waals surface area (Å²) in [6.45, 7) is 5.42. The lowest BCUT2D eigenvalue weighted by atomic mass is 9.74. The van der Waals surface area contributed by atoms with Gasteiger partial charge in [-0.05, 0) is 49.6 Å². The predicted octanol–water partition coefficient (Wildman–Crippen LogP) is 2.32. The molecule has 2 amide bonds. The van der Waals surface area contributed by atoms with Crippen molar-refractivity contribution in [2.45, 2.75) is 24.8 Å². The van der Waals surface area contributed by atoms with Gasteiger partial charge in [-0.25, -0.2) is 4.79 Å². The highest BCUT2D eigenvalue weighted by molar-refractivity contribution is 5.74. The number of morpholine rings is 1. The number of rotatable bonds is 6. The molecule has 4 aliphatic heterocycles. The second-order valence-corrected chi connectivity index (χ2v) is 9.47. The molecule has 2 bridgehead atoms. The fraction of sp³-hybridized carbons (Fsp3) is 0.600. The third-order valence-electron chi connectivity index (χ3n) is 7.64. The Kier molecular flexibility index (Phi) is 6.65. The number of hydrogen-bond donors (Lipinski definition) is 1. The van der Waals surface area contributed by atoms with E-state index in [1.54, 1.807) is 14.2 Å². The Morgan fingerprint density at radius 1 is 1.15 bits per heavy atom. The number of aromatic nitrogens is 2. The van der Waals surface area contributed by atoms with E-state index in [0.29, 0.717) is 62.2 Å². The van der Waals surface area contributed by atoms with E-state index in [0.717, 1.165) is 30.8 Å². The summed E-state index contributed by atoms with van der Waals surface area (Å²) in [6, 6.07) is 8.59. The summed E-state index contributed by atoms with van der Waals surface area (Å²) >= 11 is 0. The van der Waals surface area contributed by atoms with Gasteiger partial charge >= 0.3 is 6.03 Å². The van der Waals surface area contributed by atoms with Crippen molar-refractivity contribution in [2.24, 2.45) is 13.0 Å². The van der Waals surface area contributed by atoms with E-state index in [1.165, 1.54) is 12.1 Å². The van der Waals surface area contributed by atoms with E-state index in [4.69, 9.17) is 19.3 Å². The molecule has 1 N–H and O–H groups in total. The lowest BCUT2D eigenvalue weighted by Gasteiger charge is -2.50. The van der Waals surface area contributed by atoms with Gasteiger partial charge in [0.1, 0.15) is 0 Å². The molecule has 1 aromatic heterocycles. The molecule has 4 atom stereocenters. The minimum absolute atomic E-state index is 0.0358. The van der Waals surface area contributed by atoms with Crippen LogP contribution in [0.25, 0.3) is 11.3 Å². The third kappa shape index (κ3) is 4.46. The average molecular weight is 470 g/mol. The molecule has 1 unspecified atom stereocenters. The number of amides is 2. The largest absolute Gasteiger partial charge is 0.493 e. The second-order valence-electron chi connectivity index (χ2n) is 9.47. The van der Waals surface area contributed by atoms with Gasteiger partial charge in [0.05, 0.1) is 33.1 Å². The van der Waals surface area contributed by atoms with Crippen LogP contribution in [-0.4, -0.2) is 91.8 Å². The summed E-state index contributed by atoms with van der Waals surface area (Å²) in [7, 11) is 5.33. The number of benzene rings is 1. The quantitative estimate of drug-likeness (QED) is 0.700. The number of carbonyl (C=O) groups excluding carboxylic acids is 1. The van der Waals surface area contributed by atoms with Crippen LogP contribution in [0, 0.1) is 5.92 Å². The Hall–Kier alpha value is -2.78. The molecule has 5 heterocycles. The molecular weight excluding hydrogens is 434 g/mol. The molecule has 4 aliphatic rings. The number of aryl methyl sites for hydroxylation is 1. The molecule has 184 valence electrons. The van der Waals surface area contributed by atoms with Gasteiger partial charge in [0.15, 0.2) is 11.5 Å². The SMILES string of the molecule is COc1ccc(-c2cc([C@@H]3CN4CC[C@H]3C[C@@H]4CNC(=O)N3CCOCC3)n(C)n2)cc1OC. The van der Waals surface area contributed by atoms with Crippen molar-refractivity contribution in [3.8, 4) is 22.8 Å². The summed E-state index contributed by atoms with van der Waals surface area (Å²) in [5, 5.41) is 8.00. The van der Waals surface area contributed by atoms with Crippen LogP contribution < -0.4 is 14.8 Å². The van der Waals surface area contributed by atoms with Crippen molar-refractivity contribution in [3.05, 3.63) is 30.0 Å². The molecule has 4 saturated heterocycles. The summed E-state index contributed by atoms with van der Waals surface area (Å²) < 4.78 is 18.2. The topological polar surface area (TPSA) is 81.1 Å². The lowest BCUT2D eigenvalue weighted by Crippen LogP contribution is -2.57. The lowest BCUT2D eigenvalue weighted by molar-refractivity contribution is 0.0265. The summed E-state index contributed by atoms with van der Waals surface area (Å²) in [4.78, 5) is 16.9. The first-order valence-corrected chi connectivity index (χ1v) is 12.2. The van der Waals surface area contributed by atoms with Gasteiger partial charge in [0.2, 0.25) is 0 Å². The minimum atomic E-state index is 0.0358. The van der Waals surface area contributed by atoms with Crippen LogP contribution in [0.4, 0.5) is 4.79 Å². The monoisotopic (exact) mass is 469 g/mol. The number of ether oxygens (including phenoxy) is 3. The van der Waals surface area contributed by atoms with Gasteiger partial charge in [-0.1, -0.05) is 0 Å². The fourth-order valence-electron chi connectivity index (χ4n) is 5.73. The van der Waals surface area contributed by atoms with Crippen LogP contribution in [0.3, 0.4) is 0 Å².